The highest BCUT2D eigenvalue weighted by Crippen LogP contribution is 2.18. The second-order valence-corrected chi connectivity index (χ2v) is 5.81. The van der Waals surface area contributed by atoms with Gasteiger partial charge < -0.3 is 4.74 Å². The van der Waals surface area contributed by atoms with Crippen LogP contribution in [0.2, 0.25) is 0 Å². The zero-order valence-corrected chi connectivity index (χ0v) is 12.0. The summed E-state index contributed by atoms with van der Waals surface area (Å²) in [6.45, 7) is 0.908. The van der Waals surface area contributed by atoms with Crippen molar-refractivity contribution < 1.29 is 4.74 Å². The molecule has 1 aromatic carbocycles. The molecule has 2 unspecified atom stereocenters. The number of ether oxygens (including phenoxy) is 1. The van der Waals surface area contributed by atoms with Gasteiger partial charge >= 0.3 is 0 Å². The van der Waals surface area contributed by atoms with Crippen molar-refractivity contribution in [3.8, 4) is 0 Å². The van der Waals surface area contributed by atoms with Crippen LogP contribution < -0.4 is 11.3 Å². The lowest BCUT2D eigenvalue weighted by atomic mass is 10.00. The number of rotatable bonds is 5. The van der Waals surface area contributed by atoms with Crippen molar-refractivity contribution in [2.75, 3.05) is 6.61 Å². The van der Waals surface area contributed by atoms with Crippen molar-refractivity contribution >= 4 is 22.6 Å². The van der Waals surface area contributed by atoms with Crippen LogP contribution in [0.1, 0.15) is 24.8 Å². The van der Waals surface area contributed by atoms with Crippen molar-refractivity contribution in [3.05, 3.63) is 33.4 Å². The summed E-state index contributed by atoms with van der Waals surface area (Å²) in [5.74, 6) is 5.62. The molecule has 3 nitrogen and oxygen atoms in total. The van der Waals surface area contributed by atoms with Gasteiger partial charge in [0.05, 0.1) is 6.10 Å². The molecule has 0 aromatic heterocycles. The molecule has 17 heavy (non-hydrogen) atoms. The van der Waals surface area contributed by atoms with Crippen molar-refractivity contribution in [1.82, 2.24) is 5.43 Å². The Morgan fingerprint density at radius 1 is 1.41 bits per heavy atom. The van der Waals surface area contributed by atoms with Crippen LogP contribution in [0.5, 0.6) is 0 Å². The van der Waals surface area contributed by atoms with Crippen LogP contribution in [0.4, 0.5) is 0 Å². The van der Waals surface area contributed by atoms with E-state index in [1.54, 1.807) is 0 Å². The minimum Gasteiger partial charge on any atom is -0.378 e. The Hall–Kier alpha value is -0.170. The first-order valence-corrected chi connectivity index (χ1v) is 7.18. The molecule has 4 heteroatoms. The first-order valence-electron chi connectivity index (χ1n) is 6.10. The molecule has 1 aliphatic heterocycles. The van der Waals surface area contributed by atoms with Gasteiger partial charge in [-0.3, -0.25) is 11.3 Å². The average molecular weight is 346 g/mol. The predicted molar refractivity (Wildman–Crippen MR) is 77.6 cm³/mol. The van der Waals surface area contributed by atoms with E-state index in [1.165, 1.54) is 22.0 Å². The monoisotopic (exact) mass is 346 g/mol. The van der Waals surface area contributed by atoms with E-state index < -0.39 is 0 Å². The van der Waals surface area contributed by atoms with Gasteiger partial charge in [-0.05, 0) is 66.0 Å². The lowest BCUT2D eigenvalue weighted by Crippen LogP contribution is -2.39. The van der Waals surface area contributed by atoms with Crippen molar-refractivity contribution in [2.45, 2.75) is 37.8 Å². The third-order valence-corrected chi connectivity index (χ3v) is 3.92. The Kier molecular flexibility index (Phi) is 5.21. The molecule has 1 aromatic rings. The molecule has 2 atom stereocenters. The van der Waals surface area contributed by atoms with Crippen LogP contribution >= 0.6 is 22.6 Å². The van der Waals surface area contributed by atoms with Crippen LogP contribution in [-0.2, 0) is 11.2 Å². The third-order valence-electron chi connectivity index (χ3n) is 3.20. The van der Waals surface area contributed by atoms with Gasteiger partial charge in [0.15, 0.2) is 0 Å². The van der Waals surface area contributed by atoms with Crippen molar-refractivity contribution in [1.29, 1.82) is 0 Å². The topological polar surface area (TPSA) is 47.3 Å². The van der Waals surface area contributed by atoms with Gasteiger partial charge in [-0.25, -0.2) is 0 Å². The zero-order valence-electron chi connectivity index (χ0n) is 9.86. The molecule has 0 saturated carbocycles. The van der Waals surface area contributed by atoms with Crippen LogP contribution in [0.15, 0.2) is 24.3 Å². The number of benzene rings is 1. The van der Waals surface area contributed by atoms with Gasteiger partial charge in [-0.2, -0.15) is 0 Å². The summed E-state index contributed by atoms with van der Waals surface area (Å²) in [7, 11) is 0. The average Bonchev–Trinajstić information content (AvgIpc) is 2.84. The van der Waals surface area contributed by atoms with Gasteiger partial charge in [0.2, 0.25) is 0 Å². The summed E-state index contributed by atoms with van der Waals surface area (Å²) in [6, 6.07) is 8.91. The molecule has 1 saturated heterocycles. The van der Waals surface area contributed by atoms with E-state index >= 15 is 0 Å². The van der Waals surface area contributed by atoms with Gasteiger partial charge in [0.1, 0.15) is 0 Å². The SMILES string of the molecule is NNC(Cc1ccc(I)cc1)CC1CCCO1. The molecule has 3 N–H and O–H groups in total. The number of hydrogen-bond acceptors (Lipinski definition) is 3. The van der Waals surface area contributed by atoms with Crippen LogP contribution in [0.3, 0.4) is 0 Å². The largest absolute Gasteiger partial charge is 0.378 e. The molecule has 0 spiro atoms. The Morgan fingerprint density at radius 2 is 2.18 bits per heavy atom. The quantitative estimate of drug-likeness (QED) is 0.488. The molecule has 1 heterocycles. The second kappa shape index (κ2) is 6.68. The summed E-state index contributed by atoms with van der Waals surface area (Å²) in [4.78, 5) is 0. The molecule has 0 radical (unpaired) electrons. The minimum absolute atomic E-state index is 0.304. The smallest absolute Gasteiger partial charge is 0.0591 e. The van der Waals surface area contributed by atoms with E-state index in [9.17, 15) is 0 Å². The molecular weight excluding hydrogens is 327 g/mol. The van der Waals surface area contributed by atoms with Crippen molar-refractivity contribution in [3.63, 3.8) is 0 Å². The first kappa shape index (κ1) is 13.3. The highest BCUT2D eigenvalue weighted by atomic mass is 127. The first-order chi connectivity index (χ1) is 8.28. The summed E-state index contributed by atoms with van der Waals surface area (Å²) < 4.78 is 6.91. The Bertz CT molecular complexity index is 336. The fourth-order valence-electron chi connectivity index (χ4n) is 2.26. The number of nitrogens with one attached hydrogen (secondary N) is 1. The van der Waals surface area contributed by atoms with E-state index in [4.69, 9.17) is 10.6 Å². The maximum absolute atomic E-state index is 5.65. The maximum atomic E-state index is 5.65. The molecule has 0 bridgehead atoms. The third kappa shape index (κ3) is 4.21. The van der Waals surface area contributed by atoms with E-state index in [-0.39, 0.29) is 0 Å². The molecule has 94 valence electrons. The van der Waals surface area contributed by atoms with Crippen LogP contribution in [0.25, 0.3) is 0 Å². The standard InChI is InChI=1S/C13H19IN2O/c14-11-5-3-10(4-6-11)8-12(16-15)9-13-2-1-7-17-13/h3-6,12-13,16H,1-2,7-9,15H2. The van der Waals surface area contributed by atoms with Gasteiger partial charge in [0.25, 0.3) is 0 Å². The highest BCUT2D eigenvalue weighted by Gasteiger charge is 2.20. The summed E-state index contributed by atoms with van der Waals surface area (Å²) in [6.07, 6.45) is 4.71. The lowest BCUT2D eigenvalue weighted by Gasteiger charge is -2.19. The molecule has 2 rings (SSSR count). The van der Waals surface area contributed by atoms with Crippen LogP contribution in [-0.4, -0.2) is 18.8 Å². The van der Waals surface area contributed by atoms with Gasteiger partial charge in [-0.15, -0.1) is 0 Å². The minimum atomic E-state index is 0.304. The number of hydrogen-bond donors (Lipinski definition) is 2. The summed E-state index contributed by atoms with van der Waals surface area (Å²) in [5, 5.41) is 0. The highest BCUT2D eigenvalue weighted by molar-refractivity contribution is 14.1. The Labute approximate surface area is 116 Å². The fraction of sp³-hybridized carbons (Fsp3) is 0.538. The molecule has 1 fully saturated rings. The molecular formula is C13H19IN2O. The normalized spacial score (nSPS) is 21.6. The second-order valence-electron chi connectivity index (χ2n) is 4.56. The van der Waals surface area contributed by atoms with E-state index in [0.29, 0.717) is 12.1 Å². The van der Waals surface area contributed by atoms with E-state index in [2.05, 4.69) is 52.3 Å². The van der Waals surface area contributed by atoms with E-state index in [1.807, 2.05) is 0 Å². The lowest BCUT2D eigenvalue weighted by molar-refractivity contribution is 0.0946. The fourth-order valence-corrected chi connectivity index (χ4v) is 2.62. The summed E-state index contributed by atoms with van der Waals surface area (Å²) >= 11 is 2.32. The van der Waals surface area contributed by atoms with Crippen LogP contribution in [0, 0.1) is 3.57 Å². The van der Waals surface area contributed by atoms with E-state index in [0.717, 1.165) is 19.4 Å². The molecule has 0 amide bonds. The predicted octanol–water partition coefficient (Wildman–Crippen LogP) is 2.23. The molecule has 1 aliphatic rings. The van der Waals surface area contributed by atoms with Crippen molar-refractivity contribution in [2.24, 2.45) is 5.84 Å². The maximum Gasteiger partial charge on any atom is 0.0591 e. The number of hydrazine groups is 1. The Morgan fingerprint density at radius 3 is 2.76 bits per heavy atom. The number of halogens is 1. The molecule has 0 aliphatic carbocycles. The van der Waals surface area contributed by atoms with Gasteiger partial charge in [-0.1, -0.05) is 12.1 Å². The number of nitrogens with two attached hydrogens (primary N) is 1. The Balaban J connectivity index is 1.87. The zero-order chi connectivity index (χ0) is 12.1. The van der Waals surface area contributed by atoms with Gasteiger partial charge in [0, 0.05) is 16.2 Å². The summed E-state index contributed by atoms with van der Waals surface area (Å²) in [5.41, 5.74) is 4.24.